The van der Waals surface area contributed by atoms with Crippen LogP contribution in [0.2, 0.25) is 0 Å². The van der Waals surface area contributed by atoms with Gasteiger partial charge < -0.3 is 0 Å². The molecule has 1 heterocycles. The number of likely N-dealkylation sites (tertiary alicyclic amines) is 1. The van der Waals surface area contributed by atoms with Crippen molar-refractivity contribution in [3.63, 3.8) is 0 Å². The van der Waals surface area contributed by atoms with E-state index in [1.807, 2.05) is 20.8 Å². The van der Waals surface area contributed by atoms with Crippen LogP contribution in [0.15, 0.2) is 0 Å². The van der Waals surface area contributed by atoms with E-state index >= 15 is 0 Å². The summed E-state index contributed by atoms with van der Waals surface area (Å²) in [7, 11) is 0. The molecule has 0 saturated carbocycles. The summed E-state index contributed by atoms with van der Waals surface area (Å²) in [5, 5.41) is 0. The van der Waals surface area contributed by atoms with Gasteiger partial charge in [0.05, 0.1) is 0 Å². The molecule has 1 aliphatic heterocycles. The number of imide groups is 1. The van der Waals surface area contributed by atoms with Crippen LogP contribution in [0.5, 0.6) is 0 Å². The number of hydrogen-bond donors (Lipinski definition) is 0. The smallest absolute Gasteiger partial charge is 0.229 e. The minimum absolute atomic E-state index is 0.0810. The van der Waals surface area contributed by atoms with Crippen molar-refractivity contribution in [1.82, 2.24) is 4.90 Å². The third-order valence-corrected chi connectivity index (χ3v) is 3.37. The largest absolute Gasteiger partial charge is 0.299 e. The molecule has 0 radical (unpaired) electrons. The predicted molar refractivity (Wildman–Crippen MR) is 64.2 cm³/mol. The standard InChI is InChI=1S/C13H21NO3/c1-8(12(17)13(3,4)5)9(2)14-10(15)6-7-11(14)16/h8-9H,6-7H2,1-5H3. The van der Waals surface area contributed by atoms with E-state index in [9.17, 15) is 14.4 Å². The van der Waals surface area contributed by atoms with Gasteiger partial charge in [0.15, 0.2) is 0 Å². The molecule has 1 fully saturated rings. The molecule has 1 aliphatic rings. The molecule has 0 N–H and O–H groups in total. The Morgan fingerprint density at radius 3 is 1.88 bits per heavy atom. The first-order chi connectivity index (χ1) is 7.66. The third-order valence-electron chi connectivity index (χ3n) is 3.37. The Hall–Kier alpha value is -1.19. The number of amides is 2. The molecule has 0 aliphatic carbocycles. The highest BCUT2D eigenvalue weighted by Crippen LogP contribution is 2.26. The van der Waals surface area contributed by atoms with Crippen LogP contribution in [0, 0.1) is 11.3 Å². The van der Waals surface area contributed by atoms with Crippen LogP contribution < -0.4 is 0 Å². The lowest BCUT2D eigenvalue weighted by Crippen LogP contribution is -2.45. The molecule has 2 amide bonds. The van der Waals surface area contributed by atoms with Crippen LogP contribution in [0.1, 0.15) is 47.5 Å². The van der Waals surface area contributed by atoms with Crippen molar-refractivity contribution in [3.8, 4) is 0 Å². The highest BCUT2D eigenvalue weighted by Gasteiger charge is 2.39. The minimum atomic E-state index is -0.445. The van der Waals surface area contributed by atoms with E-state index in [1.54, 1.807) is 13.8 Å². The van der Waals surface area contributed by atoms with Crippen LogP contribution in [0.3, 0.4) is 0 Å². The number of Topliss-reactive ketones (excluding diaryl/α,β-unsaturated/α-hetero) is 1. The first-order valence-corrected chi connectivity index (χ1v) is 6.05. The molecule has 4 heteroatoms. The topological polar surface area (TPSA) is 54.5 Å². The molecule has 4 nitrogen and oxygen atoms in total. The lowest BCUT2D eigenvalue weighted by molar-refractivity contribution is -0.144. The molecular formula is C13H21NO3. The quantitative estimate of drug-likeness (QED) is 0.705. The Kier molecular flexibility index (Phi) is 3.74. The summed E-state index contributed by atoms with van der Waals surface area (Å²) in [5.74, 6) is -0.550. The van der Waals surface area contributed by atoms with Crippen molar-refractivity contribution >= 4 is 17.6 Å². The molecular weight excluding hydrogens is 218 g/mol. The van der Waals surface area contributed by atoms with Crippen LogP contribution in [-0.4, -0.2) is 28.5 Å². The van der Waals surface area contributed by atoms with E-state index < -0.39 is 5.41 Å². The summed E-state index contributed by atoms with van der Waals surface area (Å²) in [6.07, 6.45) is 0.555. The van der Waals surface area contributed by atoms with Gasteiger partial charge in [0.2, 0.25) is 11.8 Å². The van der Waals surface area contributed by atoms with Crippen LogP contribution in [-0.2, 0) is 14.4 Å². The maximum Gasteiger partial charge on any atom is 0.229 e. The number of nitrogens with zero attached hydrogens (tertiary/aromatic N) is 1. The average molecular weight is 239 g/mol. The summed E-state index contributed by atoms with van der Waals surface area (Å²) < 4.78 is 0. The first kappa shape index (κ1) is 13.9. The molecule has 2 unspecified atom stereocenters. The van der Waals surface area contributed by atoms with Crippen LogP contribution in [0.25, 0.3) is 0 Å². The molecule has 0 aromatic carbocycles. The van der Waals surface area contributed by atoms with Crippen molar-refractivity contribution in [2.45, 2.75) is 53.5 Å². The number of rotatable bonds is 3. The summed E-state index contributed by atoms with van der Waals surface area (Å²) in [6.45, 7) is 9.12. The predicted octanol–water partition coefficient (Wildman–Crippen LogP) is 1.78. The van der Waals surface area contributed by atoms with E-state index in [2.05, 4.69) is 0 Å². The molecule has 1 rings (SSSR count). The Morgan fingerprint density at radius 2 is 1.53 bits per heavy atom. The Morgan fingerprint density at radius 1 is 1.12 bits per heavy atom. The highest BCUT2D eigenvalue weighted by molar-refractivity contribution is 6.02. The number of carbonyl (C=O) groups is 3. The zero-order chi connectivity index (χ0) is 13.4. The van der Waals surface area contributed by atoms with Gasteiger partial charge in [0.1, 0.15) is 5.78 Å². The normalized spacial score (nSPS) is 20.6. The van der Waals surface area contributed by atoms with E-state index in [0.29, 0.717) is 0 Å². The van der Waals surface area contributed by atoms with Crippen LogP contribution in [0.4, 0.5) is 0 Å². The second kappa shape index (κ2) is 4.59. The van der Waals surface area contributed by atoms with Gasteiger partial charge in [-0.1, -0.05) is 27.7 Å². The fraction of sp³-hybridized carbons (Fsp3) is 0.769. The van der Waals surface area contributed by atoms with E-state index in [4.69, 9.17) is 0 Å². The summed E-state index contributed by atoms with van der Waals surface area (Å²) in [6, 6.07) is -0.343. The van der Waals surface area contributed by atoms with Crippen molar-refractivity contribution in [1.29, 1.82) is 0 Å². The average Bonchev–Trinajstić information content (AvgIpc) is 2.54. The molecule has 2 atom stereocenters. The Labute approximate surface area is 102 Å². The SMILES string of the molecule is CC(C(=O)C(C)(C)C)C(C)N1C(=O)CCC1=O. The first-order valence-electron chi connectivity index (χ1n) is 6.05. The molecule has 0 aromatic rings. The zero-order valence-electron chi connectivity index (χ0n) is 11.2. The monoisotopic (exact) mass is 239 g/mol. The van der Waals surface area contributed by atoms with Gasteiger partial charge in [-0.2, -0.15) is 0 Å². The zero-order valence-corrected chi connectivity index (χ0v) is 11.2. The molecule has 1 saturated heterocycles. The summed E-state index contributed by atoms with van der Waals surface area (Å²) >= 11 is 0. The van der Waals surface area contributed by atoms with E-state index in [1.165, 1.54) is 4.90 Å². The van der Waals surface area contributed by atoms with Gasteiger partial charge in [-0.05, 0) is 6.92 Å². The van der Waals surface area contributed by atoms with Crippen LogP contribution >= 0.6 is 0 Å². The maximum absolute atomic E-state index is 12.1. The molecule has 17 heavy (non-hydrogen) atoms. The number of ketones is 1. The van der Waals surface area contributed by atoms with E-state index in [-0.39, 0.29) is 42.4 Å². The lowest BCUT2D eigenvalue weighted by Gasteiger charge is -2.31. The van der Waals surface area contributed by atoms with E-state index in [0.717, 1.165) is 0 Å². The highest BCUT2D eigenvalue weighted by atomic mass is 16.2. The molecule has 0 bridgehead atoms. The Balaban J connectivity index is 2.83. The van der Waals surface area contributed by atoms with Gasteiger partial charge in [0.25, 0.3) is 0 Å². The fourth-order valence-electron chi connectivity index (χ4n) is 2.17. The maximum atomic E-state index is 12.1. The third kappa shape index (κ3) is 2.73. The molecule has 96 valence electrons. The van der Waals surface area contributed by atoms with Gasteiger partial charge in [0, 0.05) is 30.2 Å². The second-order valence-corrected chi connectivity index (χ2v) is 5.80. The van der Waals surface area contributed by atoms with Gasteiger partial charge >= 0.3 is 0 Å². The summed E-state index contributed by atoms with van der Waals surface area (Å²) in [4.78, 5) is 36.6. The molecule has 0 spiro atoms. The van der Waals surface area contributed by atoms with Crippen molar-refractivity contribution in [2.75, 3.05) is 0 Å². The van der Waals surface area contributed by atoms with Gasteiger partial charge in [-0.25, -0.2) is 0 Å². The summed E-state index contributed by atoms with van der Waals surface area (Å²) in [5.41, 5.74) is -0.445. The lowest BCUT2D eigenvalue weighted by atomic mass is 9.81. The number of hydrogen-bond acceptors (Lipinski definition) is 3. The van der Waals surface area contributed by atoms with Gasteiger partial charge in [-0.3, -0.25) is 19.3 Å². The second-order valence-electron chi connectivity index (χ2n) is 5.80. The Bertz CT molecular complexity index is 338. The van der Waals surface area contributed by atoms with Crippen molar-refractivity contribution < 1.29 is 14.4 Å². The minimum Gasteiger partial charge on any atom is -0.299 e. The molecule has 0 aromatic heterocycles. The van der Waals surface area contributed by atoms with Crippen molar-refractivity contribution in [3.05, 3.63) is 0 Å². The number of carbonyl (C=O) groups excluding carboxylic acids is 3. The van der Waals surface area contributed by atoms with Gasteiger partial charge in [-0.15, -0.1) is 0 Å². The fourth-order valence-corrected chi connectivity index (χ4v) is 2.17. The van der Waals surface area contributed by atoms with Crippen molar-refractivity contribution in [2.24, 2.45) is 11.3 Å².